The van der Waals surface area contributed by atoms with Crippen molar-refractivity contribution in [2.24, 2.45) is 0 Å². The number of nitrogens with zero attached hydrogens (tertiary/aromatic N) is 2. The van der Waals surface area contributed by atoms with E-state index in [-0.39, 0.29) is 24.2 Å². The smallest absolute Gasteiger partial charge is 0.416 e. The first-order valence-electron chi connectivity index (χ1n) is 9.15. The lowest BCUT2D eigenvalue weighted by Gasteiger charge is -2.12. The van der Waals surface area contributed by atoms with Crippen molar-refractivity contribution in [3.8, 4) is 17.3 Å². The minimum atomic E-state index is -4.41. The molecule has 2 aromatic carbocycles. The molecule has 1 aromatic heterocycles. The Morgan fingerprint density at radius 1 is 1.03 bits per heavy atom. The van der Waals surface area contributed by atoms with Gasteiger partial charge in [-0.3, -0.25) is 4.79 Å². The van der Waals surface area contributed by atoms with E-state index in [0.29, 0.717) is 16.9 Å². The molecule has 0 spiro atoms. The largest absolute Gasteiger partial charge is 0.467 e. The highest BCUT2D eigenvalue weighted by atomic mass is 19.4. The third kappa shape index (κ3) is 5.14. The van der Waals surface area contributed by atoms with Gasteiger partial charge < -0.3 is 10.1 Å². The summed E-state index contributed by atoms with van der Waals surface area (Å²) in [5.41, 5.74) is 2.95. The molecule has 0 radical (unpaired) electrons. The van der Waals surface area contributed by atoms with Crippen LogP contribution in [0.2, 0.25) is 0 Å². The van der Waals surface area contributed by atoms with E-state index in [2.05, 4.69) is 15.3 Å². The molecule has 0 aliphatic carbocycles. The summed E-state index contributed by atoms with van der Waals surface area (Å²) in [6, 6.07) is 11.7. The third-order valence-electron chi connectivity index (χ3n) is 4.53. The second kappa shape index (κ2) is 8.52. The van der Waals surface area contributed by atoms with Crippen molar-refractivity contribution in [3.05, 3.63) is 70.9 Å². The fourth-order valence-electron chi connectivity index (χ4n) is 2.76. The molecule has 0 bridgehead atoms. The first-order chi connectivity index (χ1) is 14.1. The highest BCUT2D eigenvalue weighted by molar-refractivity contribution is 5.92. The van der Waals surface area contributed by atoms with Crippen molar-refractivity contribution in [1.82, 2.24) is 9.97 Å². The number of aromatic nitrogens is 2. The van der Waals surface area contributed by atoms with Crippen LogP contribution in [0.25, 0.3) is 11.4 Å². The van der Waals surface area contributed by atoms with Gasteiger partial charge in [0.05, 0.1) is 5.56 Å². The summed E-state index contributed by atoms with van der Waals surface area (Å²) < 4.78 is 43.7. The standard InChI is InChI=1S/C22H20F3N3O2/c1-13-5-4-6-18(15(13)3)27-19(29)12-30-20-11-14(2)26-21(28-20)16-7-9-17(10-8-16)22(23,24)25/h4-11H,12H2,1-3H3,(H,27,29). The maximum absolute atomic E-state index is 12.7. The van der Waals surface area contributed by atoms with Crippen molar-refractivity contribution < 1.29 is 22.7 Å². The molecule has 156 valence electrons. The van der Waals surface area contributed by atoms with E-state index in [1.54, 1.807) is 19.1 Å². The van der Waals surface area contributed by atoms with Gasteiger partial charge in [0.25, 0.3) is 5.91 Å². The maximum atomic E-state index is 12.7. The Balaban J connectivity index is 1.71. The lowest BCUT2D eigenvalue weighted by Crippen LogP contribution is -2.21. The number of anilines is 1. The third-order valence-corrected chi connectivity index (χ3v) is 4.53. The normalized spacial score (nSPS) is 11.3. The zero-order valence-electron chi connectivity index (χ0n) is 16.7. The van der Waals surface area contributed by atoms with Crippen LogP contribution in [-0.4, -0.2) is 22.5 Å². The Morgan fingerprint density at radius 3 is 2.40 bits per heavy atom. The summed E-state index contributed by atoms with van der Waals surface area (Å²) >= 11 is 0. The van der Waals surface area contributed by atoms with Crippen LogP contribution in [0.1, 0.15) is 22.4 Å². The van der Waals surface area contributed by atoms with Crippen molar-refractivity contribution in [3.63, 3.8) is 0 Å². The van der Waals surface area contributed by atoms with Crippen LogP contribution in [0.5, 0.6) is 5.88 Å². The van der Waals surface area contributed by atoms with Crippen LogP contribution in [0, 0.1) is 20.8 Å². The topological polar surface area (TPSA) is 64.1 Å². The average molecular weight is 415 g/mol. The van der Waals surface area contributed by atoms with E-state index in [0.717, 1.165) is 23.3 Å². The Morgan fingerprint density at radius 2 is 1.73 bits per heavy atom. The highest BCUT2D eigenvalue weighted by Gasteiger charge is 2.30. The summed E-state index contributed by atoms with van der Waals surface area (Å²) in [7, 11) is 0. The van der Waals surface area contributed by atoms with E-state index in [1.165, 1.54) is 12.1 Å². The molecule has 8 heteroatoms. The van der Waals surface area contributed by atoms with Crippen molar-refractivity contribution in [1.29, 1.82) is 0 Å². The van der Waals surface area contributed by atoms with Gasteiger partial charge in [-0.1, -0.05) is 24.3 Å². The molecule has 30 heavy (non-hydrogen) atoms. The number of amides is 1. The fraction of sp³-hybridized carbons (Fsp3) is 0.227. The predicted molar refractivity (Wildman–Crippen MR) is 107 cm³/mol. The lowest BCUT2D eigenvalue weighted by atomic mass is 10.1. The predicted octanol–water partition coefficient (Wildman–Crippen LogP) is 5.11. The van der Waals surface area contributed by atoms with Gasteiger partial charge in [-0.2, -0.15) is 18.2 Å². The van der Waals surface area contributed by atoms with Crippen molar-refractivity contribution >= 4 is 11.6 Å². The van der Waals surface area contributed by atoms with Crippen molar-refractivity contribution in [2.45, 2.75) is 26.9 Å². The Hall–Kier alpha value is -3.42. The van der Waals surface area contributed by atoms with Crippen molar-refractivity contribution in [2.75, 3.05) is 11.9 Å². The molecule has 0 saturated carbocycles. The monoisotopic (exact) mass is 415 g/mol. The number of aryl methyl sites for hydroxylation is 2. The molecule has 3 rings (SSSR count). The first-order valence-corrected chi connectivity index (χ1v) is 9.15. The van der Waals surface area contributed by atoms with Crippen LogP contribution < -0.4 is 10.1 Å². The van der Waals surface area contributed by atoms with Gasteiger partial charge in [-0.15, -0.1) is 0 Å². The molecule has 1 N–H and O–H groups in total. The van der Waals surface area contributed by atoms with E-state index < -0.39 is 11.7 Å². The van der Waals surface area contributed by atoms with Gasteiger partial charge >= 0.3 is 6.18 Å². The van der Waals surface area contributed by atoms with Gasteiger partial charge in [-0.25, -0.2) is 4.98 Å². The number of benzene rings is 2. The summed E-state index contributed by atoms with van der Waals surface area (Å²) in [4.78, 5) is 20.7. The van der Waals surface area contributed by atoms with E-state index in [4.69, 9.17) is 4.74 Å². The highest BCUT2D eigenvalue weighted by Crippen LogP contribution is 2.30. The Bertz CT molecular complexity index is 1060. The number of carbonyl (C=O) groups is 1. The zero-order chi connectivity index (χ0) is 21.9. The zero-order valence-corrected chi connectivity index (χ0v) is 16.7. The van der Waals surface area contributed by atoms with E-state index in [9.17, 15) is 18.0 Å². The quantitative estimate of drug-likeness (QED) is 0.629. The number of hydrogen-bond donors (Lipinski definition) is 1. The molecular weight excluding hydrogens is 395 g/mol. The number of hydrogen-bond acceptors (Lipinski definition) is 4. The molecule has 1 heterocycles. The fourth-order valence-corrected chi connectivity index (χ4v) is 2.76. The second-order valence-corrected chi connectivity index (χ2v) is 6.83. The lowest BCUT2D eigenvalue weighted by molar-refractivity contribution is -0.137. The molecule has 0 saturated heterocycles. The molecule has 1 amide bonds. The minimum Gasteiger partial charge on any atom is -0.467 e. The minimum absolute atomic E-state index is 0.161. The summed E-state index contributed by atoms with van der Waals surface area (Å²) in [6.45, 7) is 5.30. The number of carbonyl (C=O) groups excluding carboxylic acids is 1. The molecule has 0 atom stereocenters. The SMILES string of the molecule is Cc1cc(OCC(=O)Nc2cccc(C)c2C)nc(-c2ccc(C(F)(F)F)cc2)n1. The molecule has 0 fully saturated rings. The number of rotatable bonds is 5. The number of halogens is 3. The van der Waals surface area contributed by atoms with E-state index in [1.807, 2.05) is 26.0 Å². The van der Waals surface area contributed by atoms with Crippen LogP contribution in [-0.2, 0) is 11.0 Å². The number of ether oxygens (including phenoxy) is 1. The summed E-state index contributed by atoms with van der Waals surface area (Å²) in [5, 5.41) is 2.79. The molecular formula is C22H20F3N3O2. The van der Waals surface area contributed by atoms with Gasteiger partial charge in [0.1, 0.15) is 0 Å². The summed E-state index contributed by atoms with van der Waals surface area (Å²) in [5.74, 6) is 0.0261. The van der Waals surface area contributed by atoms with Gasteiger partial charge in [0, 0.05) is 23.0 Å². The van der Waals surface area contributed by atoms with Crippen LogP contribution in [0.3, 0.4) is 0 Å². The van der Waals surface area contributed by atoms with E-state index >= 15 is 0 Å². The van der Waals surface area contributed by atoms with Gasteiger partial charge in [0.15, 0.2) is 12.4 Å². The first kappa shape index (κ1) is 21.3. The molecule has 3 aromatic rings. The number of alkyl halides is 3. The molecule has 0 aliphatic heterocycles. The van der Waals surface area contributed by atoms with Crippen LogP contribution >= 0.6 is 0 Å². The Labute approximate surface area is 171 Å². The number of nitrogens with one attached hydrogen (secondary N) is 1. The Kier molecular flexibility index (Phi) is 6.05. The molecule has 5 nitrogen and oxygen atoms in total. The molecule has 0 unspecified atom stereocenters. The second-order valence-electron chi connectivity index (χ2n) is 6.83. The van der Waals surface area contributed by atoms with Gasteiger partial charge in [0.2, 0.25) is 5.88 Å². The van der Waals surface area contributed by atoms with Gasteiger partial charge in [-0.05, 0) is 50.1 Å². The maximum Gasteiger partial charge on any atom is 0.416 e. The summed E-state index contributed by atoms with van der Waals surface area (Å²) in [6.07, 6.45) is -4.41. The van der Waals surface area contributed by atoms with Crippen LogP contribution in [0.15, 0.2) is 48.5 Å². The molecule has 0 aliphatic rings. The van der Waals surface area contributed by atoms with Crippen LogP contribution in [0.4, 0.5) is 18.9 Å². The average Bonchev–Trinajstić information content (AvgIpc) is 2.69.